The summed E-state index contributed by atoms with van der Waals surface area (Å²) in [4.78, 5) is 9.36. The van der Waals surface area contributed by atoms with Gasteiger partial charge in [-0.05, 0) is 49.7 Å². The average molecular weight is 359 g/mol. The summed E-state index contributed by atoms with van der Waals surface area (Å²) in [5, 5.41) is 4.30. The molecule has 1 spiro atoms. The van der Waals surface area contributed by atoms with Crippen molar-refractivity contribution in [1.29, 1.82) is 0 Å². The topological polar surface area (TPSA) is 37.2 Å². The number of benzene rings is 1. The van der Waals surface area contributed by atoms with Gasteiger partial charge in [0, 0.05) is 49.2 Å². The molecule has 0 N–H and O–H groups in total. The Morgan fingerprint density at radius 2 is 1.89 bits per heavy atom. The fourth-order valence-electron chi connectivity index (χ4n) is 4.75. The van der Waals surface area contributed by atoms with E-state index in [9.17, 15) is 0 Å². The molecule has 5 heteroatoms. The second-order valence-electron chi connectivity index (χ2n) is 7.89. The van der Waals surface area contributed by atoms with Crippen LogP contribution >= 0.6 is 0 Å². The summed E-state index contributed by atoms with van der Waals surface area (Å²) in [6.07, 6.45) is 10.3. The summed E-state index contributed by atoms with van der Waals surface area (Å²) < 4.78 is 1.89. The molecule has 138 valence electrons. The summed E-state index contributed by atoms with van der Waals surface area (Å²) >= 11 is 0. The van der Waals surface area contributed by atoms with Crippen LogP contribution < -0.4 is 4.90 Å². The number of aromatic nitrogens is 3. The van der Waals surface area contributed by atoms with Gasteiger partial charge in [-0.1, -0.05) is 18.2 Å². The molecule has 1 fully saturated rings. The highest BCUT2D eigenvalue weighted by Gasteiger charge is 2.44. The van der Waals surface area contributed by atoms with Gasteiger partial charge in [0.05, 0.1) is 18.1 Å². The first-order chi connectivity index (χ1) is 13.2. The second kappa shape index (κ2) is 6.50. The highest BCUT2D eigenvalue weighted by atomic mass is 15.2. The van der Waals surface area contributed by atoms with Crippen LogP contribution in [0.3, 0.4) is 0 Å². The van der Waals surface area contributed by atoms with Crippen LogP contribution in [-0.2, 0) is 19.0 Å². The number of piperidine rings is 1. The van der Waals surface area contributed by atoms with Crippen molar-refractivity contribution >= 4 is 11.4 Å². The van der Waals surface area contributed by atoms with E-state index in [2.05, 4.69) is 56.4 Å². The largest absolute Gasteiger partial charge is 0.339 e. The van der Waals surface area contributed by atoms with Gasteiger partial charge < -0.3 is 4.90 Å². The molecule has 0 unspecified atom stereocenters. The van der Waals surface area contributed by atoms with E-state index in [1.54, 1.807) is 0 Å². The van der Waals surface area contributed by atoms with Gasteiger partial charge in [-0.2, -0.15) is 5.10 Å². The van der Waals surface area contributed by atoms with Crippen molar-refractivity contribution in [1.82, 2.24) is 19.7 Å². The number of para-hydroxylation sites is 1. The van der Waals surface area contributed by atoms with E-state index in [1.807, 2.05) is 36.4 Å². The van der Waals surface area contributed by atoms with E-state index in [4.69, 9.17) is 0 Å². The van der Waals surface area contributed by atoms with Crippen molar-refractivity contribution in [2.24, 2.45) is 7.05 Å². The molecule has 1 aromatic carbocycles. The Hall–Kier alpha value is -2.66. The lowest BCUT2D eigenvalue weighted by molar-refractivity contribution is 0.160. The fourth-order valence-corrected chi connectivity index (χ4v) is 4.75. The van der Waals surface area contributed by atoms with Crippen molar-refractivity contribution < 1.29 is 0 Å². The lowest BCUT2D eigenvalue weighted by atomic mass is 9.74. The van der Waals surface area contributed by atoms with Gasteiger partial charge in [0.25, 0.3) is 0 Å². The van der Waals surface area contributed by atoms with Gasteiger partial charge in [0.15, 0.2) is 0 Å². The minimum Gasteiger partial charge on any atom is -0.339 e. The first-order valence-corrected chi connectivity index (χ1v) is 9.71. The van der Waals surface area contributed by atoms with Crippen LogP contribution in [0.2, 0.25) is 0 Å². The minimum atomic E-state index is 0.248. The molecule has 27 heavy (non-hydrogen) atoms. The standard InChI is InChI=1S/C22H25N5/c1-25-15-18(13-24-25)16-26-11-8-22(9-12-26)17-27(19-5-4-10-23-14-19)21-7-3-2-6-20(21)22/h2-7,10,13-15H,8-9,11-12,16-17H2,1H3. The molecule has 4 heterocycles. The number of likely N-dealkylation sites (tertiary alicyclic amines) is 1. The fraction of sp³-hybridized carbons (Fsp3) is 0.364. The first-order valence-electron chi connectivity index (χ1n) is 9.71. The van der Waals surface area contributed by atoms with Crippen LogP contribution in [0, 0.1) is 0 Å². The van der Waals surface area contributed by atoms with Crippen LogP contribution in [0.5, 0.6) is 0 Å². The summed E-state index contributed by atoms with van der Waals surface area (Å²) in [5.41, 5.74) is 5.61. The van der Waals surface area contributed by atoms with Gasteiger partial charge in [0.2, 0.25) is 0 Å². The molecule has 5 rings (SSSR count). The molecule has 3 aromatic rings. The number of nitrogens with zero attached hydrogens (tertiary/aromatic N) is 5. The number of rotatable bonds is 3. The number of aryl methyl sites for hydroxylation is 1. The zero-order valence-corrected chi connectivity index (χ0v) is 15.8. The molecule has 0 saturated carbocycles. The van der Waals surface area contributed by atoms with E-state index in [0.717, 1.165) is 26.2 Å². The zero-order valence-electron chi connectivity index (χ0n) is 15.8. The molecular formula is C22H25N5. The normalized spacial score (nSPS) is 18.8. The highest BCUT2D eigenvalue weighted by molar-refractivity contribution is 5.72. The lowest BCUT2D eigenvalue weighted by Gasteiger charge is -2.40. The molecular weight excluding hydrogens is 334 g/mol. The Morgan fingerprint density at radius 3 is 2.63 bits per heavy atom. The van der Waals surface area contributed by atoms with Crippen LogP contribution in [0.1, 0.15) is 24.0 Å². The lowest BCUT2D eigenvalue weighted by Crippen LogP contribution is -2.44. The molecule has 1 saturated heterocycles. The third-order valence-electron chi connectivity index (χ3n) is 6.16. The molecule has 0 atom stereocenters. The zero-order chi connectivity index (χ0) is 18.3. The molecule has 0 aliphatic carbocycles. The second-order valence-corrected chi connectivity index (χ2v) is 7.89. The predicted molar refractivity (Wildman–Crippen MR) is 107 cm³/mol. The summed E-state index contributed by atoms with van der Waals surface area (Å²) in [7, 11) is 1.98. The van der Waals surface area contributed by atoms with Crippen molar-refractivity contribution in [3.8, 4) is 0 Å². The molecule has 2 aliphatic heterocycles. The van der Waals surface area contributed by atoms with E-state index in [1.165, 1.54) is 35.3 Å². The van der Waals surface area contributed by atoms with Crippen LogP contribution in [0.25, 0.3) is 0 Å². The number of hydrogen-bond donors (Lipinski definition) is 0. The molecule has 0 bridgehead atoms. The number of anilines is 2. The van der Waals surface area contributed by atoms with Gasteiger partial charge in [0.1, 0.15) is 0 Å². The smallest absolute Gasteiger partial charge is 0.0597 e. The maximum atomic E-state index is 4.34. The Bertz CT molecular complexity index is 925. The van der Waals surface area contributed by atoms with Crippen molar-refractivity contribution in [3.05, 3.63) is 72.3 Å². The summed E-state index contributed by atoms with van der Waals surface area (Å²) in [6, 6.07) is 13.1. The highest BCUT2D eigenvalue weighted by Crippen LogP contribution is 2.49. The quantitative estimate of drug-likeness (QED) is 0.717. The maximum Gasteiger partial charge on any atom is 0.0597 e. The number of hydrogen-bond acceptors (Lipinski definition) is 4. The Morgan fingerprint density at radius 1 is 1.04 bits per heavy atom. The van der Waals surface area contributed by atoms with Crippen molar-refractivity contribution in [3.63, 3.8) is 0 Å². The average Bonchev–Trinajstić information content (AvgIpc) is 3.26. The molecule has 2 aromatic heterocycles. The van der Waals surface area contributed by atoms with E-state index in [0.29, 0.717) is 0 Å². The van der Waals surface area contributed by atoms with Crippen LogP contribution in [0.4, 0.5) is 11.4 Å². The third-order valence-corrected chi connectivity index (χ3v) is 6.16. The molecule has 0 radical (unpaired) electrons. The van der Waals surface area contributed by atoms with Crippen molar-refractivity contribution in [2.45, 2.75) is 24.8 Å². The Labute approximate surface area is 160 Å². The number of fused-ring (bicyclic) bond motifs is 2. The number of pyridine rings is 1. The third kappa shape index (κ3) is 2.92. The minimum absolute atomic E-state index is 0.248. The SMILES string of the molecule is Cn1cc(CN2CCC3(CC2)CN(c2cccnc2)c2ccccc23)cn1. The Kier molecular flexibility index (Phi) is 3.97. The van der Waals surface area contributed by atoms with E-state index < -0.39 is 0 Å². The maximum absolute atomic E-state index is 4.34. The molecule has 0 amide bonds. The van der Waals surface area contributed by atoms with Crippen LogP contribution in [0.15, 0.2) is 61.2 Å². The van der Waals surface area contributed by atoms with Crippen LogP contribution in [-0.4, -0.2) is 39.3 Å². The predicted octanol–water partition coefficient (Wildman–Crippen LogP) is 3.50. The van der Waals surface area contributed by atoms with Gasteiger partial charge in [-0.25, -0.2) is 0 Å². The van der Waals surface area contributed by atoms with Crippen molar-refractivity contribution in [2.75, 3.05) is 24.5 Å². The van der Waals surface area contributed by atoms with E-state index in [-0.39, 0.29) is 5.41 Å². The summed E-state index contributed by atoms with van der Waals surface area (Å²) in [6.45, 7) is 4.31. The Balaban J connectivity index is 1.38. The summed E-state index contributed by atoms with van der Waals surface area (Å²) in [5.74, 6) is 0. The monoisotopic (exact) mass is 359 g/mol. The molecule has 2 aliphatic rings. The molecule has 5 nitrogen and oxygen atoms in total. The first kappa shape index (κ1) is 16.5. The van der Waals surface area contributed by atoms with Gasteiger partial charge in [-0.3, -0.25) is 14.6 Å². The van der Waals surface area contributed by atoms with Gasteiger partial charge in [-0.15, -0.1) is 0 Å². The van der Waals surface area contributed by atoms with Gasteiger partial charge >= 0.3 is 0 Å². The van der Waals surface area contributed by atoms with E-state index >= 15 is 0 Å².